The molecule has 0 saturated heterocycles. The quantitative estimate of drug-likeness (QED) is 0.692. The van der Waals surface area contributed by atoms with E-state index in [-0.39, 0.29) is 5.91 Å². The van der Waals surface area contributed by atoms with E-state index < -0.39 is 0 Å². The van der Waals surface area contributed by atoms with E-state index in [1.165, 1.54) is 6.26 Å². The summed E-state index contributed by atoms with van der Waals surface area (Å²) in [6.45, 7) is 2.16. The van der Waals surface area contributed by atoms with Crippen LogP contribution in [-0.2, 0) is 6.54 Å². The van der Waals surface area contributed by atoms with Crippen molar-refractivity contribution in [3.63, 3.8) is 0 Å². The molecule has 2 heterocycles. The van der Waals surface area contributed by atoms with E-state index in [0.717, 1.165) is 11.3 Å². The van der Waals surface area contributed by atoms with Gasteiger partial charge >= 0.3 is 0 Å². The maximum absolute atomic E-state index is 12.4. The molecular formula is C18H16ClNO3. The van der Waals surface area contributed by atoms with E-state index in [9.17, 15) is 4.79 Å². The van der Waals surface area contributed by atoms with Gasteiger partial charge in [0.2, 0.25) is 0 Å². The molecule has 1 aromatic carbocycles. The van der Waals surface area contributed by atoms with Gasteiger partial charge in [0.25, 0.3) is 5.91 Å². The summed E-state index contributed by atoms with van der Waals surface area (Å²) in [7, 11) is 1.74. The van der Waals surface area contributed by atoms with Gasteiger partial charge in [0.1, 0.15) is 17.3 Å². The van der Waals surface area contributed by atoms with Crippen molar-refractivity contribution in [1.29, 1.82) is 0 Å². The monoisotopic (exact) mass is 329 g/mol. The summed E-state index contributed by atoms with van der Waals surface area (Å²) in [6.07, 6.45) is 1.52. The molecule has 0 aliphatic rings. The summed E-state index contributed by atoms with van der Waals surface area (Å²) >= 11 is 5.89. The van der Waals surface area contributed by atoms with E-state index in [2.05, 4.69) is 0 Å². The predicted octanol–water partition coefficient (Wildman–Crippen LogP) is 4.77. The van der Waals surface area contributed by atoms with Gasteiger partial charge in [0.05, 0.1) is 18.4 Å². The summed E-state index contributed by atoms with van der Waals surface area (Å²) in [4.78, 5) is 14.0. The molecule has 5 heteroatoms. The van der Waals surface area contributed by atoms with Crippen molar-refractivity contribution in [3.05, 3.63) is 70.8 Å². The molecule has 2 aromatic heterocycles. The lowest BCUT2D eigenvalue weighted by atomic mass is 10.2. The summed E-state index contributed by atoms with van der Waals surface area (Å²) in [6, 6.07) is 12.9. The first-order chi connectivity index (χ1) is 11.0. The lowest BCUT2D eigenvalue weighted by Gasteiger charge is -2.15. The van der Waals surface area contributed by atoms with E-state index in [0.29, 0.717) is 28.7 Å². The SMILES string of the molecule is Cc1occc1C(=O)N(C)Cc1ccc(-c2ccc(Cl)cc2)o1. The molecule has 0 radical (unpaired) electrons. The van der Waals surface area contributed by atoms with Crippen LogP contribution in [0.2, 0.25) is 5.02 Å². The zero-order valence-electron chi connectivity index (χ0n) is 12.9. The fourth-order valence-electron chi connectivity index (χ4n) is 2.35. The topological polar surface area (TPSA) is 46.6 Å². The van der Waals surface area contributed by atoms with Crippen molar-refractivity contribution in [1.82, 2.24) is 4.90 Å². The Balaban J connectivity index is 1.72. The van der Waals surface area contributed by atoms with Gasteiger partial charge in [-0.3, -0.25) is 4.79 Å². The molecule has 0 spiro atoms. The first-order valence-electron chi connectivity index (χ1n) is 7.19. The number of carbonyl (C=O) groups excluding carboxylic acids is 1. The molecule has 0 unspecified atom stereocenters. The lowest BCUT2D eigenvalue weighted by molar-refractivity contribution is 0.0774. The zero-order chi connectivity index (χ0) is 16.4. The maximum atomic E-state index is 12.4. The zero-order valence-corrected chi connectivity index (χ0v) is 13.6. The Hall–Kier alpha value is -2.46. The van der Waals surface area contributed by atoms with Gasteiger partial charge in [0, 0.05) is 17.6 Å². The molecule has 3 aromatic rings. The highest BCUT2D eigenvalue weighted by Gasteiger charge is 2.17. The first kappa shape index (κ1) is 15.4. The van der Waals surface area contributed by atoms with Crippen molar-refractivity contribution < 1.29 is 13.6 Å². The van der Waals surface area contributed by atoms with Gasteiger partial charge in [-0.15, -0.1) is 0 Å². The molecule has 0 atom stereocenters. The number of benzene rings is 1. The highest BCUT2D eigenvalue weighted by atomic mass is 35.5. The Kier molecular flexibility index (Phi) is 4.26. The molecule has 0 aliphatic heterocycles. The van der Waals surface area contributed by atoms with Crippen LogP contribution in [0, 0.1) is 6.92 Å². The average molecular weight is 330 g/mol. The predicted molar refractivity (Wildman–Crippen MR) is 88.4 cm³/mol. The number of hydrogen-bond donors (Lipinski definition) is 0. The third-order valence-corrected chi connectivity index (χ3v) is 3.87. The van der Waals surface area contributed by atoms with E-state index in [1.54, 1.807) is 24.9 Å². The van der Waals surface area contributed by atoms with Crippen LogP contribution >= 0.6 is 11.6 Å². The van der Waals surface area contributed by atoms with Crippen molar-refractivity contribution in [2.75, 3.05) is 7.05 Å². The Morgan fingerprint density at radius 2 is 1.87 bits per heavy atom. The highest BCUT2D eigenvalue weighted by molar-refractivity contribution is 6.30. The maximum Gasteiger partial charge on any atom is 0.257 e. The van der Waals surface area contributed by atoms with E-state index in [1.807, 2.05) is 36.4 Å². The number of carbonyl (C=O) groups is 1. The van der Waals surface area contributed by atoms with Crippen LogP contribution in [0.1, 0.15) is 21.9 Å². The van der Waals surface area contributed by atoms with Gasteiger partial charge in [0.15, 0.2) is 0 Å². The second-order valence-electron chi connectivity index (χ2n) is 5.32. The molecule has 3 rings (SSSR count). The number of halogens is 1. The second-order valence-corrected chi connectivity index (χ2v) is 5.76. The molecule has 0 saturated carbocycles. The summed E-state index contributed by atoms with van der Waals surface area (Å²) in [5.74, 6) is 1.98. The van der Waals surface area contributed by atoms with Crippen LogP contribution in [0.3, 0.4) is 0 Å². The van der Waals surface area contributed by atoms with Crippen LogP contribution in [0.4, 0.5) is 0 Å². The van der Waals surface area contributed by atoms with E-state index >= 15 is 0 Å². The van der Waals surface area contributed by atoms with Gasteiger partial charge in [-0.1, -0.05) is 11.6 Å². The fourth-order valence-corrected chi connectivity index (χ4v) is 2.48. The van der Waals surface area contributed by atoms with Gasteiger partial charge in [-0.2, -0.15) is 0 Å². The van der Waals surface area contributed by atoms with Crippen LogP contribution in [0.15, 0.2) is 57.6 Å². The molecule has 118 valence electrons. The summed E-state index contributed by atoms with van der Waals surface area (Å²) in [5.41, 5.74) is 1.51. The molecule has 23 heavy (non-hydrogen) atoms. The Morgan fingerprint density at radius 3 is 2.52 bits per heavy atom. The minimum atomic E-state index is -0.0966. The van der Waals surface area contributed by atoms with Crippen LogP contribution in [-0.4, -0.2) is 17.9 Å². The third kappa shape index (κ3) is 3.32. The van der Waals surface area contributed by atoms with Gasteiger partial charge in [-0.25, -0.2) is 0 Å². The molecule has 0 bridgehead atoms. The summed E-state index contributed by atoms with van der Waals surface area (Å²) in [5, 5.41) is 0.682. The minimum absolute atomic E-state index is 0.0966. The minimum Gasteiger partial charge on any atom is -0.469 e. The Bertz CT molecular complexity index is 817. The second kappa shape index (κ2) is 6.34. The van der Waals surface area contributed by atoms with Gasteiger partial charge in [-0.05, 0) is 49.4 Å². The van der Waals surface area contributed by atoms with E-state index in [4.69, 9.17) is 20.4 Å². The van der Waals surface area contributed by atoms with Crippen molar-refractivity contribution in [2.45, 2.75) is 13.5 Å². The van der Waals surface area contributed by atoms with Crippen molar-refractivity contribution in [3.8, 4) is 11.3 Å². The van der Waals surface area contributed by atoms with Crippen LogP contribution < -0.4 is 0 Å². The molecule has 4 nitrogen and oxygen atoms in total. The molecular weight excluding hydrogens is 314 g/mol. The van der Waals surface area contributed by atoms with Crippen molar-refractivity contribution in [2.24, 2.45) is 0 Å². The number of amides is 1. The standard InChI is InChI=1S/C18H16ClNO3/c1-12-16(9-10-22-12)18(21)20(2)11-15-7-8-17(23-15)13-3-5-14(19)6-4-13/h3-10H,11H2,1-2H3. The number of rotatable bonds is 4. The molecule has 0 fully saturated rings. The largest absolute Gasteiger partial charge is 0.469 e. The normalized spacial score (nSPS) is 10.7. The number of nitrogens with zero attached hydrogens (tertiary/aromatic N) is 1. The molecule has 1 amide bonds. The average Bonchev–Trinajstić information content (AvgIpc) is 3.16. The van der Waals surface area contributed by atoms with Crippen LogP contribution in [0.5, 0.6) is 0 Å². The number of furan rings is 2. The first-order valence-corrected chi connectivity index (χ1v) is 7.56. The van der Waals surface area contributed by atoms with Gasteiger partial charge < -0.3 is 13.7 Å². The van der Waals surface area contributed by atoms with Crippen LogP contribution in [0.25, 0.3) is 11.3 Å². The number of hydrogen-bond acceptors (Lipinski definition) is 3. The highest BCUT2D eigenvalue weighted by Crippen LogP contribution is 2.24. The molecule has 0 aliphatic carbocycles. The Labute approximate surface area is 139 Å². The number of aryl methyl sites for hydroxylation is 1. The molecule has 0 N–H and O–H groups in total. The summed E-state index contributed by atoms with van der Waals surface area (Å²) < 4.78 is 11.0. The smallest absolute Gasteiger partial charge is 0.257 e. The Morgan fingerprint density at radius 1 is 1.13 bits per heavy atom. The van der Waals surface area contributed by atoms with Crippen molar-refractivity contribution >= 4 is 17.5 Å². The lowest BCUT2D eigenvalue weighted by Crippen LogP contribution is -2.26. The third-order valence-electron chi connectivity index (χ3n) is 3.62. The fraction of sp³-hybridized carbons (Fsp3) is 0.167.